The molecule has 170 valence electrons. The smallest absolute Gasteiger partial charge is 0.269 e. The van der Waals surface area contributed by atoms with E-state index in [-0.39, 0.29) is 18.3 Å². The number of carbonyl (C=O) groups is 1. The third-order valence-corrected chi connectivity index (χ3v) is 6.52. The third-order valence-electron chi connectivity index (χ3n) is 4.63. The summed E-state index contributed by atoms with van der Waals surface area (Å²) in [7, 11) is 3.18. The molecule has 0 saturated carbocycles. The average Bonchev–Trinajstić information content (AvgIpc) is 3.44. The molecule has 0 saturated heterocycles. The fourth-order valence-electron chi connectivity index (χ4n) is 3.02. The summed E-state index contributed by atoms with van der Waals surface area (Å²) in [6, 6.07) is 11.2. The zero-order valence-corrected chi connectivity index (χ0v) is 19.7. The van der Waals surface area contributed by atoms with Gasteiger partial charge >= 0.3 is 0 Å². The Morgan fingerprint density at radius 1 is 1.06 bits per heavy atom. The normalized spacial score (nSPS) is 10.7. The number of nitrogens with zero attached hydrogens (tertiary/aromatic N) is 2. The number of halogens is 1. The number of amides is 1. The molecule has 1 N–H and O–H groups in total. The number of thiazole rings is 2. The van der Waals surface area contributed by atoms with Gasteiger partial charge in [0.2, 0.25) is 0 Å². The number of methoxy groups -OCH3 is 2. The standard InChI is InChI=1S/C23H20FN3O4S2/c1-13-21(33-20(25-13)11-31-15-6-4-14(24)5-7-15)22(28)27-23-26-18(12-32-23)17-10-16(29-2)8-9-19(17)30-3/h4-10,12H,11H2,1-3H3,(H,26,27,28). The van der Waals surface area contributed by atoms with Crippen molar-refractivity contribution in [3.05, 3.63) is 69.2 Å². The zero-order valence-electron chi connectivity index (χ0n) is 18.0. The van der Waals surface area contributed by atoms with Crippen molar-refractivity contribution in [3.63, 3.8) is 0 Å². The SMILES string of the molecule is COc1ccc(OC)c(-c2csc(NC(=O)c3sc(COc4ccc(F)cc4)nc3C)n2)c1. The van der Waals surface area contributed by atoms with Gasteiger partial charge in [0.15, 0.2) is 5.13 Å². The predicted octanol–water partition coefficient (Wildman–Crippen LogP) is 5.56. The predicted molar refractivity (Wildman–Crippen MR) is 126 cm³/mol. The topological polar surface area (TPSA) is 82.6 Å². The van der Waals surface area contributed by atoms with Crippen LogP contribution in [0.5, 0.6) is 17.2 Å². The van der Waals surface area contributed by atoms with Crippen molar-refractivity contribution in [2.45, 2.75) is 13.5 Å². The molecule has 10 heteroatoms. The highest BCUT2D eigenvalue weighted by molar-refractivity contribution is 7.15. The molecule has 33 heavy (non-hydrogen) atoms. The third kappa shape index (κ3) is 5.29. The van der Waals surface area contributed by atoms with Gasteiger partial charge in [0.25, 0.3) is 5.91 Å². The largest absolute Gasteiger partial charge is 0.497 e. The maximum absolute atomic E-state index is 13.0. The van der Waals surface area contributed by atoms with Crippen molar-refractivity contribution < 1.29 is 23.4 Å². The second-order valence-electron chi connectivity index (χ2n) is 6.82. The quantitative estimate of drug-likeness (QED) is 0.352. The van der Waals surface area contributed by atoms with Crippen LogP contribution in [0.15, 0.2) is 47.8 Å². The lowest BCUT2D eigenvalue weighted by atomic mass is 10.1. The van der Waals surface area contributed by atoms with Crippen LogP contribution in [0.1, 0.15) is 20.4 Å². The lowest BCUT2D eigenvalue weighted by Crippen LogP contribution is -2.11. The first kappa shape index (κ1) is 22.7. The van der Waals surface area contributed by atoms with Crippen LogP contribution in [-0.4, -0.2) is 30.1 Å². The summed E-state index contributed by atoms with van der Waals surface area (Å²) in [5.74, 6) is 1.24. The first-order valence-corrected chi connectivity index (χ1v) is 11.5. The summed E-state index contributed by atoms with van der Waals surface area (Å²) in [5.41, 5.74) is 2.03. The van der Waals surface area contributed by atoms with Gasteiger partial charge in [-0.25, -0.2) is 14.4 Å². The molecule has 2 aromatic heterocycles. The zero-order chi connectivity index (χ0) is 23.4. The molecular formula is C23H20FN3O4S2. The van der Waals surface area contributed by atoms with E-state index < -0.39 is 0 Å². The molecule has 0 aliphatic carbocycles. The van der Waals surface area contributed by atoms with Gasteiger partial charge in [0, 0.05) is 10.9 Å². The van der Waals surface area contributed by atoms with Gasteiger partial charge < -0.3 is 14.2 Å². The minimum absolute atomic E-state index is 0.182. The molecule has 4 aromatic rings. The Morgan fingerprint density at radius 2 is 1.82 bits per heavy atom. The van der Waals surface area contributed by atoms with E-state index in [2.05, 4.69) is 15.3 Å². The monoisotopic (exact) mass is 485 g/mol. The van der Waals surface area contributed by atoms with Gasteiger partial charge in [-0.2, -0.15) is 0 Å². The van der Waals surface area contributed by atoms with E-state index in [1.165, 1.54) is 34.8 Å². The van der Waals surface area contributed by atoms with E-state index in [4.69, 9.17) is 14.2 Å². The molecular weight excluding hydrogens is 465 g/mol. The van der Waals surface area contributed by atoms with E-state index in [1.807, 2.05) is 17.5 Å². The summed E-state index contributed by atoms with van der Waals surface area (Å²) < 4.78 is 29.4. The Bertz CT molecular complexity index is 1270. The molecule has 0 aliphatic rings. The first-order valence-electron chi connectivity index (χ1n) is 9.80. The number of nitrogens with one attached hydrogen (secondary N) is 1. The molecule has 0 aliphatic heterocycles. The number of hydrogen-bond acceptors (Lipinski definition) is 8. The first-order chi connectivity index (χ1) is 16.0. The second kappa shape index (κ2) is 9.97. The number of benzene rings is 2. The summed E-state index contributed by atoms with van der Waals surface area (Å²) in [6.45, 7) is 1.95. The molecule has 7 nitrogen and oxygen atoms in total. The van der Waals surface area contributed by atoms with E-state index in [0.29, 0.717) is 43.7 Å². The molecule has 2 heterocycles. The van der Waals surface area contributed by atoms with Crippen LogP contribution in [0.2, 0.25) is 0 Å². The fourth-order valence-corrected chi connectivity index (χ4v) is 4.60. The molecule has 0 unspecified atom stereocenters. The number of rotatable bonds is 8. The Hall–Kier alpha value is -3.50. The molecule has 0 spiro atoms. The lowest BCUT2D eigenvalue weighted by Gasteiger charge is -2.08. The number of hydrogen-bond donors (Lipinski definition) is 1. The van der Waals surface area contributed by atoms with Crippen molar-refractivity contribution >= 4 is 33.7 Å². The number of aromatic nitrogens is 2. The lowest BCUT2D eigenvalue weighted by molar-refractivity contribution is 0.103. The van der Waals surface area contributed by atoms with Gasteiger partial charge in [0.1, 0.15) is 39.6 Å². The van der Waals surface area contributed by atoms with Crippen LogP contribution in [0.4, 0.5) is 9.52 Å². The van der Waals surface area contributed by atoms with Crippen LogP contribution in [0, 0.1) is 12.7 Å². The molecule has 4 rings (SSSR count). The van der Waals surface area contributed by atoms with Gasteiger partial charge in [-0.1, -0.05) is 0 Å². The van der Waals surface area contributed by atoms with E-state index >= 15 is 0 Å². The highest BCUT2D eigenvalue weighted by Crippen LogP contribution is 2.35. The van der Waals surface area contributed by atoms with Crippen molar-refractivity contribution in [1.82, 2.24) is 9.97 Å². The van der Waals surface area contributed by atoms with Crippen molar-refractivity contribution in [2.24, 2.45) is 0 Å². The molecule has 0 radical (unpaired) electrons. The van der Waals surface area contributed by atoms with Crippen LogP contribution in [0.3, 0.4) is 0 Å². The molecule has 2 aromatic carbocycles. The van der Waals surface area contributed by atoms with Crippen LogP contribution in [-0.2, 0) is 6.61 Å². The van der Waals surface area contributed by atoms with Crippen molar-refractivity contribution in [2.75, 3.05) is 19.5 Å². The molecule has 0 bridgehead atoms. The number of carbonyl (C=O) groups excluding carboxylic acids is 1. The van der Waals surface area contributed by atoms with Gasteiger partial charge in [-0.05, 0) is 49.4 Å². The van der Waals surface area contributed by atoms with Crippen LogP contribution < -0.4 is 19.5 Å². The maximum Gasteiger partial charge on any atom is 0.269 e. The summed E-state index contributed by atoms with van der Waals surface area (Å²) in [4.78, 5) is 22.2. The Morgan fingerprint density at radius 3 is 2.55 bits per heavy atom. The van der Waals surface area contributed by atoms with E-state index in [9.17, 15) is 9.18 Å². The molecule has 0 atom stereocenters. The second-order valence-corrected chi connectivity index (χ2v) is 8.76. The maximum atomic E-state index is 13.0. The summed E-state index contributed by atoms with van der Waals surface area (Å²) >= 11 is 2.55. The highest BCUT2D eigenvalue weighted by Gasteiger charge is 2.18. The Balaban J connectivity index is 1.45. The summed E-state index contributed by atoms with van der Waals surface area (Å²) in [6.07, 6.45) is 0. The van der Waals surface area contributed by atoms with Crippen molar-refractivity contribution in [3.8, 4) is 28.5 Å². The Kier molecular flexibility index (Phi) is 6.85. The van der Waals surface area contributed by atoms with Crippen molar-refractivity contribution in [1.29, 1.82) is 0 Å². The molecule has 0 fully saturated rings. The number of ether oxygens (including phenoxy) is 3. The van der Waals surface area contributed by atoms with E-state index in [0.717, 1.165) is 5.56 Å². The molecule has 1 amide bonds. The minimum Gasteiger partial charge on any atom is -0.497 e. The average molecular weight is 486 g/mol. The van der Waals surface area contributed by atoms with Gasteiger partial charge in [0.05, 0.1) is 25.6 Å². The highest BCUT2D eigenvalue weighted by atomic mass is 32.1. The number of aryl methyl sites for hydroxylation is 1. The number of anilines is 1. The fraction of sp³-hybridized carbons (Fsp3) is 0.174. The van der Waals surface area contributed by atoms with Gasteiger partial charge in [-0.3, -0.25) is 10.1 Å². The Labute approximate surface area is 197 Å². The van der Waals surface area contributed by atoms with E-state index in [1.54, 1.807) is 39.3 Å². The van der Waals surface area contributed by atoms with Crippen LogP contribution >= 0.6 is 22.7 Å². The van der Waals surface area contributed by atoms with Gasteiger partial charge in [-0.15, -0.1) is 22.7 Å². The summed E-state index contributed by atoms with van der Waals surface area (Å²) in [5, 5.41) is 5.77. The van der Waals surface area contributed by atoms with Crippen LogP contribution in [0.25, 0.3) is 11.3 Å². The minimum atomic E-state index is -0.332.